The molecule has 0 saturated carbocycles. The smallest absolute Gasteiger partial charge is 0.345 e. The maximum Gasteiger partial charge on any atom is 0.345 e. The van der Waals surface area contributed by atoms with Crippen molar-refractivity contribution in [3.05, 3.63) is 35.4 Å². The van der Waals surface area contributed by atoms with E-state index in [0.29, 0.717) is 17.8 Å². The molecule has 1 rings (SSSR count). The van der Waals surface area contributed by atoms with E-state index in [9.17, 15) is 14.4 Å². The van der Waals surface area contributed by atoms with Gasteiger partial charge < -0.3 is 20.1 Å². The van der Waals surface area contributed by atoms with Crippen LogP contribution in [-0.4, -0.2) is 37.7 Å². The summed E-state index contributed by atoms with van der Waals surface area (Å²) in [6.07, 6.45) is 3.34. The van der Waals surface area contributed by atoms with Crippen LogP contribution in [0.25, 0.3) is 6.08 Å². The highest BCUT2D eigenvalue weighted by molar-refractivity contribution is 6.17. The van der Waals surface area contributed by atoms with Gasteiger partial charge in [-0.25, -0.2) is 14.4 Å². The normalized spacial score (nSPS) is 11.1. The van der Waals surface area contributed by atoms with Gasteiger partial charge in [-0.05, 0) is 43.0 Å². The number of esters is 2. The maximum atomic E-state index is 12.2. The van der Waals surface area contributed by atoms with Crippen molar-refractivity contribution in [1.29, 1.82) is 0 Å². The van der Waals surface area contributed by atoms with E-state index < -0.39 is 11.9 Å². The minimum absolute atomic E-state index is 0.154. The fourth-order valence-electron chi connectivity index (χ4n) is 2.11. The zero-order chi connectivity index (χ0) is 20.9. The van der Waals surface area contributed by atoms with Gasteiger partial charge in [-0.15, -0.1) is 0 Å². The molecule has 0 aliphatic heterocycles. The summed E-state index contributed by atoms with van der Waals surface area (Å²) in [5.41, 5.74) is 1.05. The third kappa shape index (κ3) is 8.70. The molecule has 0 aliphatic rings. The van der Waals surface area contributed by atoms with Crippen molar-refractivity contribution in [3.8, 4) is 0 Å². The predicted molar refractivity (Wildman–Crippen MR) is 109 cm³/mol. The first-order valence-electron chi connectivity index (χ1n) is 9.58. The van der Waals surface area contributed by atoms with Crippen molar-refractivity contribution >= 4 is 29.7 Å². The molecule has 7 nitrogen and oxygen atoms in total. The lowest BCUT2D eigenvalue weighted by molar-refractivity contribution is -0.147. The van der Waals surface area contributed by atoms with E-state index in [1.165, 1.54) is 6.08 Å². The van der Waals surface area contributed by atoms with Crippen LogP contribution in [0.2, 0.25) is 0 Å². The van der Waals surface area contributed by atoms with Gasteiger partial charge in [0, 0.05) is 12.2 Å². The number of carbonyl (C=O) groups is 3. The van der Waals surface area contributed by atoms with E-state index in [0.717, 1.165) is 12.8 Å². The predicted octanol–water partition coefficient (Wildman–Crippen LogP) is 3.75. The van der Waals surface area contributed by atoms with Crippen LogP contribution in [0.15, 0.2) is 29.8 Å². The Morgan fingerprint density at radius 1 is 1.04 bits per heavy atom. The molecule has 154 valence electrons. The van der Waals surface area contributed by atoms with Crippen LogP contribution in [0.1, 0.15) is 46.1 Å². The van der Waals surface area contributed by atoms with Gasteiger partial charge in [-0.2, -0.15) is 0 Å². The molecule has 0 bridgehead atoms. The van der Waals surface area contributed by atoms with E-state index in [4.69, 9.17) is 9.47 Å². The van der Waals surface area contributed by atoms with E-state index in [2.05, 4.69) is 17.6 Å². The first-order valence-corrected chi connectivity index (χ1v) is 9.58. The highest BCUT2D eigenvalue weighted by atomic mass is 16.6. The van der Waals surface area contributed by atoms with E-state index in [-0.39, 0.29) is 30.7 Å². The topological polar surface area (TPSA) is 93.7 Å². The Morgan fingerprint density at radius 2 is 1.68 bits per heavy atom. The molecule has 0 aromatic heterocycles. The number of amides is 2. The molecule has 2 amide bonds. The largest absolute Gasteiger partial charge is 0.462 e. The first-order chi connectivity index (χ1) is 13.4. The Kier molecular flexibility index (Phi) is 10.4. The van der Waals surface area contributed by atoms with Crippen LogP contribution in [-0.2, 0) is 19.1 Å². The van der Waals surface area contributed by atoms with Crippen LogP contribution in [0.4, 0.5) is 10.5 Å². The molecule has 7 heteroatoms. The second-order valence-electron chi connectivity index (χ2n) is 6.63. The molecular weight excluding hydrogens is 360 g/mol. The lowest BCUT2D eigenvalue weighted by Crippen LogP contribution is -2.29. The first kappa shape index (κ1) is 23.2. The van der Waals surface area contributed by atoms with Crippen LogP contribution in [0, 0.1) is 5.92 Å². The molecule has 0 fully saturated rings. The van der Waals surface area contributed by atoms with Crippen LogP contribution >= 0.6 is 0 Å². The van der Waals surface area contributed by atoms with Crippen LogP contribution in [0.5, 0.6) is 0 Å². The number of rotatable bonds is 10. The van der Waals surface area contributed by atoms with Crippen molar-refractivity contribution in [3.63, 3.8) is 0 Å². The summed E-state index contributed by atoms with van der Waals surface area (Å²) in [6.45, 7) is 8.52. The van der Waals surface area contributed by atoms with Gasteiger partial charge in [-0.1, -0.05) is 39.3 Å². The van der Waals surface area contributed by atoms with Gasteiger partial charge in [-0.3, -0.25) is 0 Å². The number of urea groups is 1. The number of anilines is 1. The Hall–Kier alpha value is -2.83. The van der Waals surface area contributed by atoms with Gasteiger partial charge >= 0.3 is 18.0 Å². The van der Waals surface area contributed by atoms with E-state index in [1.807, 2.05) is 13.8 Å². The molecular formula is C21H30N2O5. The van der Waals surface area contributed by atoms with Crippen molar-refractivity contribution in [1.82, 2.24) is 5.32 Å². The van der Waals surface area contributed by atoms with Crippen LogP contribution < -0.4 is 10.6 Å². The molecule has 0 radical (unpaired) electrons. The number of unbranched alkanes of at least 4 members (excludes halogenated alkanes) is 1. The minimum Gasteiger partial charge on any atom is -0.462 e. The summed E-state index contributed by atoms with van der Waals surface area (Å²) < 4.78 is 10.1. The molecule has 1 aromatic carbocycles. The summed E-state index contributed by atoms with van der Waals surface area (Å²) in [5, 5.41) is 5.49. The molecule has 1 aromatic rings. The maximum absolute atomic E-state index is 12.2. The average Bonchev–Trinajstić information content (AvgIpc) is 2.65. The van der Waals surface area contributed by atoms with Gasteiger partial charge in [0.05, 0.1) is 13.2 Å². The average molecular weight is 390 g/mol. The Labute approximate surface area is 166 Å². The third-order valence-electron chi connectivity index (χ3n) is 3.56. The Morgan fingerprint density at radius 3 is 2.25 bits per heavy atom. The zero-order valence-electron chi connectivity index (χ0n) is 17.0. The molecule has 0 heterocycles. The van der Waals surface area contributed by atoms with Crippen molar-refractivity contribution in [2.75, 3.05) is 25.1 Å². The lowest BCUT2D eigenvalue weighted by Gasteiger charge is -2.10. The molecule has 2 N–H and O–H groups in total. The van der Waals surface area contributed by atoms with Crippen molar-refractivity contribution in [2.24, 2.45) is 5.92 Å². The summed E-state index contributed by atoms with van der Waals surface area (Å²) in [4.78, 5) is 36.1. The summed E-state index contributed by atoms with van der Waals surface area (Å²) in [5.74, 6) is -1.29. The fraction of sp³-hybridized carbons (Fsp3) is 0.476. The quantitative estimate of drug-likeness (QED) is 0.209. The zero-order valence-corrected chi connectivity index (χ0v) is 17.0. The molecule has 0 aliphatic carbocycles. The second kappa shape index (κ2) is 12.5. The summed E-state index contributed by atoms with van der Waals surface area (Å²) >= 11 is 0. The monoisotopic (exact) mass is 390 g/mol. The Balaban J connectivity index is 2.85. The van der Waals surface area contributed by atoms with Crippen molar-refractivity contribution in [2.45, 2.75) is 40.5 Å². The molecule has 0 saturated heterocycles. The van der Waals surface area contributed by atoms with Gasteiger partial charge in [0.2, 0.25) is 0 Å². The van der Waals surface area contributed by atoms with Crippen LogP contribution in [0.3, 0.4) is 0 Å². The number of hydrogen-bond acceptors (Lipinski definition) is 5. The lowest BCUT2D eigenvalue weighted by atomic mass is 10.1. The van der Waals surface area contributed by atoms with Gasteiger partial charge in [0.15, 0.2) is 0 Å². The summed E-state index contributed by atoms with van der Waals surface area (Å²) in [6, 6.07) is 6.48. The number of ether oxygens (including phenoxy) is 2. The highest BCUT2D eigenvalue weighted by Gasteiger charge is 2.21. The second-order valence-corrected chi connectivity index (χ2v) is 6.63. The fourth-order valence-corrected chi connectivity index (χ4v) is 2.11. The standard InChI is InChI=1S/C21H30N2O5/c1-5-7-12-22-21(26)23-17-10-8-16(9-11-17)13-18(19(24)27-6-2)20(25)28-14-15(3)4/h8-11,13,15H,5-7,12,14H2,1-4H3,(H2,22,23,26)/b18-13+. The third-order valence-corrected chi connectivity index (χ3v) is 3.56. The number of nitrogens with one attached hydrogen (secondary N) is 2. The van der Waals surface area contributed by atoms with Crippen molar-refractivity contribution < 1.29 is 23.9 Å². The SMILES string of the molecule is CCCCNC(=O)Nc1ccc(/C=C(\C(=O)OCC)C(=O)OCC(C)C)cc1. The minimum atomic E-state index is -0.728. The van der Waals surface area contributed by atoms with Gasteiger partial charge in [0.25, 0.3) is 0 Å². The number of benzene rings is 1. The van der Waals surface area contributed by atoms with E-state index >= 15 is 0 Å². The number of hydrogen-bond donors (Lipinski definition) is 2. The molecule has 0 spiro atoms. The summed E-state index contributed by atoms with van der Waals surface area (Å²) in [7, 11) is 0. The highest BCUT2D eigenvalue weighted by Crippen LogP contribution is 2.15. The van der Waals surface area contributed by atoms with E-state index in [1.54, 1.807) is 31.2 Å². The molecule has 0 atom stereocenters. The Bertz CT molecular complexity index is 681. The van der Waals surface area contributed by atoms with Gasteiger partial charge in [0.1, 0.15) is 5.57 Å². The molecule has 28 heavy (non-hydrogen) atoms. The molecule has 0 unspecified atom stereocenters. The number of carbonyl (C=O) groups excluding carboxylic acids is 3.